The van der Waals surface area contributed by atoms with E-state index in [2.05, 4.69) is 14.9 Å². The topological polar surface area (TPSA) is 98.0 Å². The third-order valence-corrected chi connectivity index (χ3v) is 4.78. The summed E-state index contributed by atoms with van der Waals surface area (Å²) in [7, 11) is -3.59. The number of nitrogens with zero attached hydrogens (tertiary/aromatic N) is 2. The lowest BCUT2D eigenvalue weighted by molar-refractivity contribution is 0.603. The minimum Gasteiger partial charge on any atom is -0.326 e. The van der Waals surface area contributed by atoms with Gasteiger partial charge in [0.05, 0.1) is 0 Å². The number of hydrogen-bond donors (Lipinski definition) is 2. The van der Waals surface area contributed by atoms with Gasteiger partial charge in [0, 0.05) is 12.7 Å². The average Bonchev–Trinajstić information content (AvgIpc) is 2.79. The van der Waals surface area contributed by atoms with E-state index in [0.717, 1.165) is 16.9 Å². The van der Waals surface area contributed by atoms with E-state index in [1.165, 1.54) is 12.3 Å². The first-order valence-corrected chi connectivity index (χ1v) is 7.06. The Bertz CT molecular complexity index is 594. The molecule has 2 aromatic heterocycles. The summed E-state index contributed by atoms with van der Waals surface area (Å²) in [5, 5.41) is 8.96. The fourth-order valence-electron chi connectivity index (χ4n) is 1.15. The molecule has 2 heterocycles. The number of hydrogen-bond acceptors (Lipinski definition) is 6. The summed E-state index contributed by atoms with van der Waals surface area (Å²) in [6.07, 6.45) is 1.47. The van der Waals surface area contributed by atoms with E-state index in [4.69, 9.17) is 5.73 Å². The summed E-state index contributed by atoms with van der Waals surface area (Å²) in [6, 6.07) is 4.68. The molecule has 0 aliphatic heterocycles. The Hall–Kier alpha value is -1.51. The first-order valence-electron chi connectivity index (χ1n) is 4.70. The Kier molecular flexibility index (Phi) is 3.36. The van der Waals surface area contributed by atoms with Crippen LogP contribution in [-0.2, 0) is 16.6 Å². The molecule has 0 radical (unpaired) electrons. The molecule has 0 aliphatic rings. The molecule has 0 spiro atoms. The molecular formula is C9H10N4O2S2. The van der Waals surface area contributed by atoms with Crippen LogP contribution in [0, 0.1) is 0 Å². The van der Waals surface area contributed by atoms with E-state index in [1.54, 1.807) is 17.5 Å². The van der Waals surface area contributed by atoms with E-state index in [0.29, 0.717) is 6.54 Å². The maximum absolute atomic E-state index is 11.9. The number of aromatic nitrogens is 2. The molecule has 0 bridgehead atoms. The van der Waals surface area contributed by atoms with Gasteiger partial charge in [0.15, 0.2) is 5.82 Å². The van der Waals surface area contributed by atoms with Crippen molar-refractivity contribution >= 4 is 27.2 Å². The summed E-state index contributed by atoms with van der Waals surface area (Å²) < 4.78 is 26.4. The van der Waals surface area contributed by atoms with Crippen LogP contribution in [0.3, 0.4) is 0 Å². The van der Waals surface area contributed by atoms with Gasteiger partial charge in [-0.1, -0.05) is 0 Å². The van der Waals surface area contributed by atoms with Gasteiger partial charge in [-0.25, -0.2) is 8.42 Å². The van der Waals surface area contributed by atoms with Crippen molar-refractivity contribution in [3.05, 3.63) is 35.3 Å². The average molecular weight is 270 g/mol. The highest BCUT2D eigenvalue weighted by Gasteiger charge is 2.17. The predicted octanol–water partition coefficient (Wildman–Crippen LogP) is 0.798. The molecule has 0 amide bonds. The van der Waals surface area contributed by atoms with Gasteiger partial charge in [-0.2, -0.15) is 5.10 Å². The normalized spacial score (nSPS) is 11.4. The van der Waals surface area contributed by atoms with Crippen molar-refractivity contribution in [2.45, 2.75) is 10.8 Å². The molecule has 17 heavy (non-hydrogen) atoms. The number of anilines is 1. The van der Waals surface area contributed by atoms with Crippen molar-refractivity contribution in [3.8, 4) is 0 Å². The van der Waals surface area contributed by atoms with Gasteiger partial charge in [-0.15, -0.1) is 16.4 Å². The van der Waals surface area contributed by atoms with E-state index in [-0.39, 0.29) is 10.0 Å². The molecule has 0 fully saturated rings. The first kappa shape index (κ1) is 12.0. The Labute approximate surface area is 103 Å². The van der Waals surface area contributed by atoms with Crippen molar-refractivity contribution in [2.75, 3.05) is 4.72 Å². The second-order valence-corrected chi connectivity index (χ2v) is 6.01. The van der Waals surface area contributed by atoms with Gasteiger partial charge in [-0.05, 0) is 29.1 Å². The molecular weight excluding hydrogens is 260 g/mol. The molecule has 2 aromatic rings. The number of thiophene rings is 1. The van der Waals surface area contributed by atoms with Crippen LogP contribution in [0.15, 0.2) is 34.0 Å². The first-order chi connectivity index (χ1) is 8.12. The van der Waals surface area contributed by atoms with Crippen molar-refractivity contribution in [1.29, 1.82) is 0 Å². The summed E-state index contributed by atoms with van der Waals surface area (Å²) in [4.78, 5) is 0. The highest BCUT2D eigenvalue weighted by molar-refractivity contribution is 7.94. The number of nitrogens with one attached hydrogen (secondary N) is 1. The third kappa shape index (κ3) is 2.78. The Morgan fingerprint density at radius 2 is 2.29 bits per heavy atom. The van der Waals surface area contributed by atoms with Gasteiger partial charge in [-0.3, -0.25) is 4.72 Å². The monoisotopic (exact) mass is 270 g/mol. The van der Waals surface area contributed by atoms with Crippen LogP contribution in [0.5, 0.6) is 0 Å². The molecule has 0 unspecified atom stereocenters. The molecule has 0 saturated carbocycles. The molecule has 3 N–H and O–H groups in total. The van der Waals surface area contributed by atoms with Crippen LogP contribution in [0.25, 0.3) is 0 Å². The van der Waals surface area contributed by atoms with Crippen LogP contribution in [0.4, 0.5) is 5.82 Å². The minimum atomic E-state index is -3.59. The third-order valence-electron chi connectivity index (χ3n) is 1.94. The van der Waals surface area contributed by atoms with Gasteiger partial charge >= 0.3 is 0 Å². The zero-order valence-electron chi connectivity index (χ0n) is 8.70. The van der Waals surface area contributed by atoms with Crippen LogP contribution in [0.1, 0.15) is 5.56 Å². The van der Waals surface area contributed by atoms with E-state index in [9.17, 15) is 8.42 Å². The summed E-state index contributed by atoms with van der Waals surface area (Å²) in [5.74, 6) is 0.190. The van der Waals surface area contributed by atoms with Gasteiger partial charge < -0.3 is 5.73 Å². The number of nitrogens with two attached hydrogens (primary N) is 1. The van der Waals surface area contributed by atoms with Gasteiger partial charge in [0.2, 0.25) is 0 Å². The molecule has 0 aromatic carbocycles. The van der Waals surface area contributed by atoms with Crippen LogP contribution in [-0.4, -0.2) is 18.6 Å². The van der Waals surface area contributed by atoms with Gasteiger partial charge in [0.25, 0.3) is 10.0 Å². The van der Waals surface area contributed by atoms with Crippen molar-refractivity contribution in [2.24, 2.45) is 5.73 Å². The number of sulfonamides is 1. The van der Waals surface area contributed by atoms with E-state index < -0.39 is 10.0 Å². The van der Waals surface area contributed by atoms with Crippen molar-refractivity contribution in [1.82, 2.24) is 10.2 Å². The highest BCUT2D eigenvalue weighted by atomic mass is 32.2. The van der Waals surface area contributed by atoms with Gasteiger partial charge in [0.1, 0.15) is 4.21 Å². The lowest BCUT2D eigenvalue weighted by Crippen LogP contribution is -2.12. The fraction of sp³-hybridized carbons (Fsp3) is 0.111. The SMILES string of the molecule is NCc1csc(S(=O)(=O)Nc2cccnn2)c1. The fourth-order valence-corrected chi connectivity index (χ4v) is 3.36. The second kappa shape index (κ2) is 4.78. The van der Waals surface area contributed by atoms with Crippen molar-refractivity contribution < 1.29 is 8.42 Å². The molecule has 6 nitrogen and oxygen atoms in total. The second-order valence-electron chi connectivity index (χ2n) is 3.19. The highest BCUT2D eigenvalue weighted by Crippen LogP contribution is 2.21. The maximum Gasteiger partial charge on any atom is 0.272 e. The lowest BCUT2D eigenvalue weighted by Gasteiger charge is -2.03. The Morgan fingerprint density at radius 1 is 1.47 bits per heavy atom. The molecule has 0 saturated heterocycles. The maximum atomic E-state index is 11.9. The molecule has 8 heteroatoms. The number of rotatable bonds is 4. The molecule has 90 valence electrons. The quantitative estimate of drug-likeness (QED) is 0.856. The lowest BCUT2D eigenvalue weighted by atomic mass is 10.4. The van der Waals surface area contributed by atoms with E-state index in [1.807, 2.05) is 0 Å². The van der Waals surface area contributed by atoms with Crippen LogP contribution < -0.4 is 10.5 Å². The summed E-state index contributed by atoms with van der Waals surface area (Å²) >= 11 is 1.12. The standard InChI is InChI=1S/C9H10N4O2S2/c10-5-7-4-9(16-6-7)17(14,15)13-8-2-1-3-11-12-8/h1-4,6H,5,10H2,(H,12,13). The molecule has 0 atom stereocenters. The molecule has 2 rings (SSSR count). The Morgan fingerprint density at radius 3 is 2.88 bits per heavy atom. The summed E-state index contributed by atoms with van der Waals surface area (Å²) in [6.45, 7) is 0.317. The van der Waals surface area contributed by atoms with Crippen molar-refractivity contribution in [3.63, 3.8) is 0 Å². The summed E-state index contributed by atoms with van der Waals surface area (Å²) in [5.41, 5.74) is 6.21. The predicted molar refractivity (Wildman–Crippen MR) is 65.1 cm³/mol. The minimum absolute atomic E-state index is 0.190. The smallest absolute Gasteiger partial charge is 0.272 e. The van der Waals surface area contributed by atoms with Crippen LogP contribution >= 0.6 is 11.3 Å². The zero-order chi connectivity index (χ0) is 12.3. The van der Waals surface area contributed by atoms with E-state index >= 15 is 0 Å². The largest absolute Gasteiger partial charge is 0.326 e. The zero-order valence-corrected chi connectivity index (χ0v) is 10.3. The molecule has 0 aliphatic carbocycles. The van der Waals surface area contributed by atoms with Crippen LogP contribution in [0.2, 0.25) is 0 Å². The Balaban J connectivity index is 2.25.